The van der Waals surface area contributed by atoms with Gasteiger partial charge < -0.3 is 4.90 Å². The van der Waals surface area contributed by atoms with Gasteiger partial charge in [-0.1, -0.05) is 67.1 Å². The fraction of sp³-hybridized carbons (Fsp3) is 0.240. The summed E-state index contributed by atoms with van der Waals surface area (Å²) in [7, 11) is -3.79. The van der Waals surface area contributed by atoms with Crippen LogP contribution in [-0.2, 0) is 21.2 Å². The highest BCUT2D eigenvalue weighted by Gasteiger charge is 2.27. The van der Waals surface area contributed by atoms with E-state index >= 15 is 0 Å². The molecule has 160 valence electrons. The van der Waals surface area contributed by atoms with Crippen molar-refractivity contribution < 1.29 is 13.2 Å². The summed E-state index contributed by atoms with van der Waals surface area (Å²) in [5, 5.41) is 0. The zero-order chi connectivity index (χ0) is 22.0. The second-order valence-electron chi connectivity index (χ2n) is 7.82. The molecular weight excluding hydrogens is 408 g/mol. The number of sulfonamides is 1. The van der Waals surface area contributed by atoms with E-state index in [1.807, 2.05) is 68.4 Å². The standard InChI is InChI=1S/C25H26N2O3S/c1-3-24(28)27-15-14-20-17-22(12-13-23(20)27)31(29,30)26-25(19-9-5-4-6-10-19)21-11-7-8-18(2)16-21/h4-13,16-17,25-26H,3,14-15H2,1-2H3. The monoisotopic (exact) mass is 434 g/mol. The van der Waals surface area contributed by atoms with Gasteiger partial charge in [0.05, 0.1) is 10.9 Å². The predicted octanol–water partition coefficient (Wildman–Crippen LogP) is 4.36. The fourth-order valence-electron chi connectivity index (χ4n) is 4.04. The van der Waals surface area contributed by atoms with Gasteiger partial charge in [0.25, 0.3) is 0 Å². The van der Waals surface area contributed by atoms with Crippen LogP contribution in [0, 0.1) is 6.92 Å². The minimum Gasteiger partial charge on any atom is -0.312 e. The number of fused-ring (bicyclic) bond motifs is 1. The molecule has 3 aromatic rings. The highest BCUT2D eigenvalue weighted by atomic mass is 32.2. The van der Waals surface area contributed by atoms with Crippen LogP contribution in [0.3, 0.4) is 0 Å². The lowest BCUT2D eigenvalue weighted by Gasteiger charge is -2.21. The van der Waals surface area contributed by atoms with E-state index in [0.29, 0.717) is 19.4 Å². The lowest BCUT2D eigenvalue weighted by molar-refractivity contribution is -0.118. The smallest absolute Gasteiger partial charge is 0.241 e. The molecule has 4 rings (SSSR count). The third kappa shape index (κ3) is 4.40. The van der Waals surface area contributed by atoms with Gasteiger partial charge in [0.1, 0.15) is 0 Å². The Balaban J connectivity index is 1.68. The Morgan fingerprint density at radius 3 is 2.45 bits per heavy atom. The molecule has 0 aromatic heterocycles. The number of benzene rings is 3. The number of carbonyl (C=O) groups is 1. The number of hydrogen-bond acceptors (Lipinski definition) is 3. The zero-order valence-corrected chi connectivity index (χ0v) is 18.5. The molecule has 0 saturated carbocycles. The average molecular weight is 435 g/mol. The minimum atomic E-state index is -3.79. The highest BCUT2D eigenvalue weighted by Crippen LogP contribution is 2.32. The van der Waals surface area contributed by atoms with E-state index in [-0.39, 0.29) is 10.8 Å². The molecule has 1 aliphatic heterocycles. The maximum atomic E-state index is 13.4. The molecule has 0 spiro atoms. The summed E-state index contributed by atoms with van der Waals surface area (Å²) in [5.41, 5.74) is 4.52. The van der Waals surface area contributed by atoms with Crippen LogP contribution in [0.2, 0.25) is 0 Å². The molecule has 1 aliphatic rings. The van der Waals surface area contributed by atoms with Crippen molar-refractivity contribution in [3.63, 3.8) is 0 Å². The molecule has 31 heavy (non-hydrogen) atoms. The molecule has 1 heterocycles. The molecule has 1 amide bonds. The molecule has 1 N–H and O–H groups in total. The van der Waals surface area contributed by atoms with Gasteiger partial charge in [-0.25, -0.2) is 8.42 Å². The summed E-state index contributed by atoms with van der Waals surface area (Å²) in [4.78, 5) is 14.1. The Kier molecular flexibility index (Phi) is 5.94. The van der Waals surface area contributed by atoms with E-state index < -0.39 is 16.1 Å². The lowest BCUT2D eigenvalue weighted by Crippen LogP contribution is -2.30. The quantitative estimate of drug-likeness (QED) is 0.627. The number of aryl methyl sites for hydroxylation is 1. The Hall–Kier alpha value is -2.96. The van der Waals surface area contributed by atoms with Gasteiger partial charge in [0, 0.05) is 18.7 Å². The Morgan fingerprint density at radius 1 is 1.00 bits per heavy atom. The summed E-state index contributed by atoms with van der Waals surface area (Å²) in [6, 6.07) is 21.9. The largest absolute Gasteiger partial charge is 0.312 e. The number of nitrogens with one attached hydrogen (secondary N) is 1. The topological polar surface area (TPSA) is 66.5 Å². The summed E-state index contributed by atoms with van der Waals surface area (Å²) in [5.74, 6) is 0.0519. The summed E-state index contributed by atoms with van der Waals surface area (Å²) in [6.07, 6.45) is 1.08. The fourth-order valence-corrected chi connectivity index (χ4v) is 5.31. The SMILES string of the molecule is CCC(=O)N1CCc2cc(S(=O)(=O)NC(c3ccccc3)c3cccc(C)c3)ccc21. The number of rotatable bonds is 6. The molecular formula is C25H26N2O3S. The zero-order valence-electron chi connectivity index (χ0n) is 17.7. The van der Waals surface area contributed by atoms with Crippen LogP contribution < -0.4 is 9.62 Å². The first kappa shape index (κ1) is 21.3. The Bertz CT molecular complexity index is 1210. The number of anilines is 1. The number of hydrogen-bond donors (Lipinski definition) is 1. The van der Waals surface area contributed by atoms with E-state index in [1.165, 1.54) is 0 Å². The van der Waals surface area contributed by atoms with Crippen molar-refractivity contribution in [2.45, 2.75) is 37.6 Å². The molecule has 1 atom stereocenters. The molecule has 1 unspecified atom stereocenters. The predicted molar refractivity (Wildman–Crippen MR) is 123 cm³/mol. The maximum absolute atomic E-state index is 13.4. The number of amides is 1. The van der Waals surface area contributed by atoms with Crippen LogP contribution >= 0.6 is 0 Å². The van der Waals surface area contributed by atoms with Gasteiger partial charge in [-0.15, -0.1) is 0 Å². The van der Waals surface area contributed by atoms with Crippen molar-refractivity contribution in [3.8, 4) is 0 Å². The van der Waals surface area contributed by atoms with E-state index in [4.69, 9.17) is 0 Å². The lowest BCUT2D eigenvalue weighted by atomic mass is 9.98. The molecule has 5 nitrogen and oxygen atoms in total. The molecule has 0 saturated heterocycles. The maximum Gasteiger partial charge on any atom is 0.241 e. The van der Waals surface area contributed by atoms with Crippen LogP contribution in [0.4, 0.5) is 5.69 Å². The van der Waals surface area contributed by atoms with Crippen LogP contribution in [0.25, 0.3) is 0 Å². The molecule has 6 heteroatoms. The van der Waals surface area contributed by atoms with Crippen LogP contribution in [0.5, 0.6) is 0 Å². The van der Waals surface area contributed by atoms with E-state index in [1.54, 1.807) is 23.1 Å². The van der Waals surface area contributed by atoms with Gasteiger partial charge in [-0.05, 0) is 48.2 Å². The normalized spacial score (nSPS) is 14.3. The first-order valence-corrected chi connectivity index (χ1v) is 11.9. The molecule has 3 aromatic carbocycles. The van der Waals surface area contributed by atoms with E-state index in [9.17, 15) is 13.2 Å². The van der Waals surface area contributed by atoms with Crippen molar-refractivity contribution in [1.29, 1.82) is 0 Å². The number of nitrogens with zero attached hydrogens (tertiary/aromatic N) is 1. The number of carbonyl (C=O) groups excluding carboxylic acids is 1. The van der Waals surface area contributed by atoms with Crippen molar-refractivity contribution >= 4 is 21.6 Å². The summed E-state index contributed by atoms with van der Waals surface area (Å²) in [6.45, 7) is 4.41. The van der Waals surface area contributed by atoms with Gasteiger partial charge in [-0.3, -0.25) is 4.79 Å². The van der Waals surface area contributed by atoms with Gasteiger partial charge in [-0.2, -0.15) is 4.72 Å². The average Bonchev–Trinajstić information content (AvgIpc) is 3.21. The third-order valence-corrected chi connectivity index (χ3v) is 7.06. The van der Waals surface area contributed by atoms with Gasteiger partial charge >= 0.3 is 0 Å². The first-order chi connectivity index (χ1) is 14.9. The van der Waals surface area contributed by atoms with Crippen LogP contribution in [-0.4, -0.2) is 20.9 Å². The third-order valence-electron chi connectivity index (χ3n) is 5.64. The second-order valence-corrected chi connectivity index (χ2v) is 9.53. The minimum absolute atomic E-state index is 0.0519. The molecule has 0 radical (unpaired) electrons. The Labute approximate surface area is 183 Å². The van der Waals surface area contributed by atoms with Crippen molar-refractivity contribution in [2.24, 2.45) is 0 Å². The molecule has 0 fully saturated rings. The van der Waals surface area contributed by atoms with Crippen LogP contribution in [0.1, 0.15) is 41.6 Å². The van der Waals surface area contributed by atoms with E-state index in [0.717, 1.165) is 27.9 Å². The van der Waals surface area contributed by atoms with Crippen molar-refractivity contribution in [3.05, 3.63) is 95.1 Å². The van der Waals surface area contributed by atoms with Crippen molar-refractivity contribution in [2.75, 3.05) is 11.4 Å². The molecule has 0 bridgehead atoms. The second kappa shape index (κ2) is 8.65. The van der Waals surface area contributed by atoms with Gasteiger partial charge in [0.15, 0.2) is 0 Å². The van der Waals surface area contributed by atoms with Gasteiger partial charge in [0.2, 0.25) is 15.9 Å². The highest BCUT2D eigenvalue weighted by molar-refractivity contribution is 7.89. The summed E-state index contributed by atoms with van der Waals surface area (Å²) >= 11 is 0. The van der Waals surface area contributed by atoms with Crippen molar-refractivity contribution in [1.82, 2.24) is 4.72 Å². The first-order valence-electron chi connectivity index (χ1n) is 10.5. The van der Waals surface area contributed by atoms with Crippen LogP contribution in [0.15, 0.2) is 77.7 Å². The summed E-state index contributed by atoms with van der Waals surface area (Å²) < 4.78 is 29.6. The van der Waals surface area contributed by atoms with E-state index in [2.05, 4.69) is 4.72 Å². The Morgan fingerprint density at radius 2 is 1.74 bits per heavy atom. The molecule has 0 aliphatic carbocycles.